The highest BCUT2D eigenvalue weighted by Gasteiger charge is 2.15. The maximum Gasteiger partial charge on any atom is 0.0892 e. The second kappa shape index (κ2) is 5.01. The van der Waals surface area contributed by atoms with E-state index in [9.17, 15) is 0 Å². The lowest BCUT2D eigenvalue weighted by atomic mass is 9.98. The Hall–Kier alpha value is 0.270. The molecule has 0 aromatic carbocycles. The van der Waals surface area contributed by atoms with Gasteiger partial charge < -0.3 is 9.64 Å². The van der Waals surface area contributed by atoms with Crippen molar-refractivity contribution in [3.8, 4) is 0 Å². The predicted octanol–water partition coefficient (Wildman–Crippen LogP) is 1.23. The van der Waals surface area contributed by atoms with Crippen LogP contribution in [-0.4, -0.2) is 37.6 Å². The number of piperidine rings is 1. The van der Waals surface area contributed by atoms with Gasteiger partial charge in [0.25, 0.3) is 0 Å². The summed E-state index contributed by atoms with van der Waals surface area (Å²) in [6, 6.07) is 0. The Balaban J connectivity index is 2.07. The SMILES string of the molecule is CN1CCC(COCS)CC1. The van der Waals surface area contributed by atoms with E-state index in [2.05, 4.69) is 24.6 Å². The van der Waals surface area contributed by atoms with Gasteiger partial charge in [-0.05, 0) is 38.9 Å². The summed E-state index contributed by atoms with van der Waals surface area (Å²) in [5, 5.41) is 0. The van der Waals surface area contributed by atoms with Crippen LogP contribution >= 0.6 is 12.6 Å². The van der Waals surface area contributed by atoms with Gasteiger partial charge in [-0.3, -0.25) is 0 Å². The van der Waals surface area contributed by atoms with Gasteiger partial charge >= 0.3 is 0 Å². The Morgan fingerprint density at radius 1 is 1.45 bits per heavy atom. The van der Waals surface area contributed by atoms with Crippen molar-refractivity contribution in [3.63, 3.8) is 0 Å². The molecule has 0 radical (unpaired) electrons. The molecule has 3 heteroatoms. The largest absolute Gasteiger partial charge is 0.371 e. The van der Waals surface area contributed by atoms with Gasteiger partial charge in [0.2, 0.25) is 0 Å². The quantitative estimate of drug-likeness (QED) is 0.511. The van der Waals surface area contributed by atoms with E-state index >= 15 is 0 Å². The first-order valence-electron chi connectivity index (χ1n) is 4.20. The molecule has 66 valence electrons. The molecule has 1 saturated heterocycles. The number of hydrogen-bond donors (Lipinski definition) is 1. The minimum absolute atomic E-state index is 0.562. The second-order valence-corrected chi connectivity index (χ2v) is 3.50. The highest BCUT2D eigenvalue weighted by Crippen LogP contribution is 2.15. The Kier molecular flexibility index (Phi) is 4.26. The van der Waals surface area contributed by atoms with E-state index in [1.807, 2.05) is 0 Å². The van der Waals surface area contributed by atoms with Crippen LogP contribution in [0, 0.1) is 5.92 Å². The van der Waals surface area contributed by atoms with Crippen LogP contribution in [0.1, 0.15) is 12.8 Å². The fourth-order valence-corrected chi connectivity index (χ4v) is 1.55. The summed E-state index contributed by atoms with van der Waals surface area (Å²) < 4.78 is 5.25. The number of likely N-dealkylation sites (tertiary alicyclic amines) is 1. The lowest BCUT2D eigenvalue weighted by molar-refractivity contribution is 0.101. The Morgan fingerprint density at radius 3 is 2.64 bits per heavy atom. The standard InChI is InChI=1S/C8H17NOS/c1-9-4-2-8(3-5-9)6-10-7-11/h8,11H,2-7H2,1H3. The van der Waals surface area contributed by atoms with Gasteiger partial charge in [0.15, 0.2) is 0 Å². The fourth-order valence-electron chi connectivity index (χ4n) is 1.45. The molecule has 0 saturated carbocycles. The molecule has 1 heterocycles. The van der Waals surface area contributed by atoms with E-state index in [1.165, 1.54) is 25.9 Å². The molecule has 11 heavy (non-hydrogen) atoms. The van der Waals surface area contributed by atoms with Gasteiger partial charge in [-0.2, -0.15) is 12.6 Å². The smallest absolute Gasteiger partial charge is 0.0892 e. The van der Waals surface area contributed by atoms with Crippen LogP contribution in [0.15, 0.2) is 0 Å². The molecule has 0 bridgehead atoms. The van der Waals surface area contributed by atoms with Crippen molar-refractivity contribution in [2.24, 2.45) is 5.92 Å². The summed E-state index contributed by atoms with van der Waals surface area (Å²) in [6.45, 7) is 3.35. The summed E-state index contributed by atoms with van der Waals surface area (Å²) in [5.41, 5.74) is 0. The Bertz CT molecular complexity index is 99.5. The monoisotopic (exact) mass is 175 g/mol. The molecule has 0 amide bonds. The van der Waals surface area contributed by atoms with Crippen LogP contribution in [0.3, 0.4) is 0 Å². The average molecular weight is 175 g/mol. The Labute approximate surface area is 74.3 Å². The average Bonchev–Trinajstić information content (AvgIpc) is 2.04. The molecule has 2 nitrogen and oxygen atoms in total. The second-order valence-electron chi connectivity index (χ2n) is 3.25. The number of ether oxygens (including phenoxy) is 1. The maximum atomic E-state index is 5.25. The van der Waals surface area contributed by atoms with Crippen molar-refractivity contribution in [2.45, 2.75) is 12.8 Å². The number of nitrogens with zero attached hydrogens (tertiary/aromatic N) is 1. The molecular formula is C8H17NOS. The summed E-state index contributed by atoms with van der Waals surface area (Å²) >= 11 is 4.01. The van der Waals surface area contributed by atoms with Crippen molar-refractivity contribution in [1.82, 2.24) is 4.90 Å². The van der Waals surface area contributed by atoms with Gasteiger partial charge in [-0.15, -0.1) is 0 Å². The highest BCUT2D eigenvalue weighted by atomic mass is 32.1. The van der Waals surface area contributed by atoms with Gasteiger partial charge in [0, 0.05) is 0 Å². The zero-order chi connectivity index (χ0) is 8.10. The zero-order valence-corrected chi connectivity index (χ0v) is 8.02. The van der Waals surface area contributed by atoms with Gasteiger partial charge in [0.1, 0.15) is 0 Å². The number of thiol groups is 1. The molecule has 0 N–H and O–H groups in total. The number of hydrogen-bond acceptors (Lipinski definition) is 3. The zero-order valence-electron chi connectivity index (χ0n) is 7.12. The van der Waals surface area contributed by atoms with Crippen molar-refractivity contribution >= 4 is 12.6 Å². The molecule has 0 aliphatic carbocycles. The molecule has 1 fully saturated rings. The summed E-state index contributed by atoms with van der Waals surface area (Å²) in [4.78, 5) is 2.37. The highest BCUT2D eigenvalue weighted by molar-refractivity contribution is 7.80. The summed E-state index contributed by atoms with van der Waals surface area (Å²) in [7, 11) is 2.18. The summed E-state index contributed by atoms with van der Waals surface area (Å²) in [5.74, 6) is 1.34. The van der Waals surface area contributed by atoms with E-state index in [4.69, 9.17) is 4.74 Å². The van der Waals surface area contributed by atoms with Gasteiger partial charge in [0.05, 0.1) is 12.5 Å². The predicted molar refractivity (Wildman–Crippen MR) is 50.0 cm³/mol. The van der Waals surface area contributed by atoms with Gasteiger partial charge in [-0.25, -0.2) is 0 Å². The molecular weight excluding hydrogens is 158 g/mol. The van der Waals surface area contributed by atoms with Crippen LogP contribution < -0.4 is 0 Å². The van der Waals surface area contributed by atoms with Crippen LogP contribution in [0.4, 0.5) is 0 Å². The van der Waals surface area contributed by atoms with E-state index in [1.54, 1.807) is 0 Å². The van der Waals surface area contributed by atoms with E-state index < -0.39 is 0 Å². The normalized spacial score (nSPS) is 22.4. The van der Waals surface area contributed by atoms with Crippen molar-refractivity contribution in [1.29, 1.82) is 0 Å². The first-order valence-corrected chi connectivity index (χ1v) is 4.83. The van der Waals surface area contributed by atoms with Crippen LogP contribution in [-0.2, 0) is 4.74 Å². The first kappa shape index (κ1) is 9.36. The topological polar surface area (TPSA) is 12.5 Å². The minimum Gasteiger partial charge on any atom is -0.371 e. The molecule has 1 aliphatic rings. The van der Waals surface area contributed by atoms with Gasteiger partial charge in [-0.1, -0.05) is 0 Å². The maximum absolute atomic E-state index is 5.25. The van der Waals surface area contributed by atoms with E-state index in [0.717, 1.165) is 12.5 Å². The molecule has 1 rings (SSSR count). The van der Waals surface area contributed by atoms with E-state index in [-0.39, 0.29) is 0 Å². The third kappa shape index (κ3) is 3.45. The van der Waals surface area contributed by atoms with Crippen molar-refractivity contribution in [2.75, 3.05) is 32.7 Å². The third-order valence-electron chi connectivity index (χ3n) is 2.28. The van der Waals surface area contributed by atoms with E-state index in [0.29, 0.717) is 5.94 Å². The summed E-state index contributed by atoms with van der Waals surface area (Å²) in [6.07, 6.45) is 2.56. The molecule has 0 unspecified atom stereocenters. The molecule has 1 aliphatic heterocycles. The lowest BCUT2D eigenvalue weighted by Crippen LogP contribution is -2.31. The minimum atomic E-state index is 0.562. The molecule has 0 spiro atoms. The van der Waals surface area contributed by atoms with Crippen LogP contribution in [0.2, 0.25) is 0 Å². The van der Waals surface area contributed by atoms with Crippen molar-refractivity contribution in [3.05, 3.63) is 0 Å². The number of rotatable bonds is 3. The molecule has 0 atom stereocenters. The Morgan fingerprint density at radius 2 is 2.09 bits per heavy atom. The third-order valence-corrected chi connectivity index (χ3v) is 2.47. The molecule has 0 aromatic heterocycles. The van der Waals surface area contributed by atoms with Crippen LogP contribution in [0.25, 0.3) is 0 Å². The first-order chi connectivity index (χ1) is 5.33. The van der Waals surface area contributed by atoms with Crippen molar-refractivity contribution < 1.29 is 4.74 Å². The fraction of sp³-hybridized carbons (Fsp3) is 1.00. The van der Waals surface area contributed by atoms with Crippen LogP contribution in [0.5, 0.6) is 0 Å². The lowest BCUT2D eigenvalue weighted by Gasteiger charge is -2.28. The molecule has 0 aromatic rings.